The summed E-state index contributed by atoms with van der Waals surface area (Å²) in [4.78, 5) is 11.2. The summed E-state index contributed by atoms with van der Waals surface area (Å²) in [6, 6.07) is 9.81. The SMILES string of the molecule is COC(=O)C=Cc1cc(C(F)(F)F)ccc1NS(=O)(=O)c1ccccc1. The van der Waals surface area contributed by atoms with Crippen molar-refractivity contribution >= 4 is 27.8 Å². The van der Waals surface area contributed by atoms with Gasteiger partial charge in [0.15, 0.2) is 0 Å². The highest BCUT2D eigenvalue weighted by Gasteiger charge is 2.31. The van der Waals surface area contributed by atoms with Crippen molar-refractivity contribution in [2.45, 2.75) is 11.1 Å². The van der Waals surface area contributed by atoms with Crippen molar-refractivity contribution in [3.8, 4) is 0 Å². The minimum Gasteiger partial charge on any atom is -0.466 e. The van der Waals surface area contributed by atoms with E-state index >= 15 is 0 Å². The lowest BCUT2D eigenvalue weighted by Gasteiger charge is -2.13. The molecule has 26 heavy (non-hydrogen) atoms. The van der Waals surface area contributed by atoms with Crippen LogP contribution in [0.15, 0.2) is 59.5 Å². The lowest BCUT2D eigenvalue weighted by atomic mass is 10.1. The summed E-state index contributed by atoms with van der Waals surface area (Å²) < 4.78 is 70.1. The molecule has 0 atom stereocenters. The Morgan fingerprint density at radius 2 is 1.77 bits per heavy atom. The zero-order valence-electron chi connectivity index (χ0n) is 13.4. The molecule has 0 aliphatic carbocycles. The van der Waals surface area contributed by atoms with E-state index in [2.05, 4.69) is 9.46 Å². The van der Waals surface area contributed by atoms with Crippen LogP contribution in [0.2, 0.25) is 0 Å². The number of rotatable bonds is 5. The van der Waals surface area contributed by atoms with Gasteiger partial charge in [0, 0.05) is 6.08 Å². The van der Waals surface area contributed by atoms with Gasteiger partial charge in [-0.05, 0) is 42.0 Å². The predicted octanol–water partition coefficient (Wildman–Crippen LogP) is 3.69. The van der Waals surface area contributed by atoms with E-state index < -0.39 is 27.7 Å². The first-order valence-corrected chi connectivity index (χ1v) is 8.67. The number of carbonyl (C=O) groups excluding carboxylic acids is 1. The van der Waals surface area contributed by atoms with Gasteiger partial charge in [0.05, 0.1) is 23.3 Å². The minimum absolute atomic E-state index is 0.0530. The molecule has 0 aromatic heterocycles. The number of ether oxygens (including phenoxy) is 1. The van der Waals surface area contributed by atoms with Crippen molar-refractivity contribution in [3.05, 3.63) is 65.7 Å². The zero-order valence-corrected chi connectivity index (χ0v) is 14.3. The first kappa shape index (κ1) is 19.5. The number of esters is 1. The van der Waals surface area contributed by atoms with Gasteiger partial charge in [-0.15, -0.1) is 0 Å². The third-order valence-electron chi connectivity index (χ3n) is 3.28. The Morgan fingerprint density at radius 1 is 1.12 bits per heavy atom. The van der Waals surface area contributed by atoms with Gasteiger partial charge in [0.1, 0.15) is 0 Å². The number of benzene rings is 2. The average molecular weight is 385 g/mol. The number of nitrogens with one attached hydrogen (secondary N) is 1. The fourth-order valence-electron chi connectivity index (χ4n) is 2.00. The molecule has 0 aliphatic rings. The summed E-state index contributed by atoms with van der Waals surface area (Å²) in [6.45, 7) is 0. The van der Waals surface area contributed by atoms with Gasteiger partial charge < -0.3 is 4.74 Å². The molecule has 0 spiro atoms. The highest BCUT2D eigenvalue weighted by atomic mass is 32.2. The van der Waals surface area contributed by atoms with E-state index in [4.69, 9.17) is 0 Å². The first-order valence-electron chi connectivity index (χ1n) is 7.18. The summed E-state index contributed by atoms with van der Waals surface area (Å²) in [6.07, 6.45) is -2.68. The molecule has 9 heteroatoms. The van der Waals surface area contributed by atoms with Crippen LogP contribution in [0.5, 0.6) is 0 Å². The first-order chi connectivity index (χ1) is 12.1. The Bertz CT molecular complexity index is 923. The third-order valence-corrected chi connectivity index (χ3v) is 4.66. The molecule has 0 saturated heterocycles. The number of hydrogen-bond donors (Lipinski definition) is 1. The van der Waals surface area contributed by atoms with Gasteiger partial charge in [-0.1, -0.05) is 18.2 Å². The van der Waals surface area contributed by atoms with Crippen LogP contribution in [0.25, 0.3) is 6.08 Å². The molecule has 0 saturated carbocycles. The lowest BCUT2D eigenvalue weighted by molar-refractivity contribution is -0.137. The van der Waals surface area contributed by atoms with Gasteiger partial charge >= 0.3 is 12.1 Å². The molecule has 0 unspecified atom stereocenters. The van der Waals surface area contributed by atoms with Crippen molar-refractivity contribution < 1.29 is 31.1 Å². The molecular weight excluding hydrogens is 371 g/mol. The predicted molar refractivity (Wildman–Crippen MR) is 89.7 cm³/mol. The molecule has 0 bridgehead atoms. The van der Waals surface area contributed by atoms with Crippen LogP contribution in [0, 0.1) is 0 Å². The maximum absolute atomic E-state index is 12.9. The van der Waals surface area contributed by atoms with Crippen LogP contribution in [-0.4, -0.2) is 21.5 Å². The van der Waals surface area contributed by atoms with Crippen LogP contribution in [0.3, 0.4) is 0 Å². The van der Waals surface area contributed by atoms with Gasteiger partial charge in [-0.3, -0.25) is 4.72 Å². The molecule has 2 rings (SSSR count). The van der Waals surface area contributed by atoms with Crippen molar-refractivity contribution in [2.24, 2.45) is 0 Å². The molecule has 138 valence electrons. The maximum Gasteiger partial charge on any atom is 0.416 e. The van der Waals surface area contributed by atoms with Gasteiger partial charge in [0.2, 0.25) is 0 Å². The summed E-state index contributed by atoms with van der Waals surface area (Å²) >= 11 is 0. The lowest BCUT2D eigenvalue weighted by Crippen LogP contribution is -2.14. The summed E-state index contributed by atoms with van der Waals surface area (Å²) in [5.74, 6) is -0.792. The average Bonchev–Trinajstić information content (AvgIpc) is 2.60. The number of halogens is 3. The molecule has 0 radical (unpaired) electrons. The highest BCUT2D eigenvalue weighted by molar-refractivity contribution is 7.92. The molecular formula is C17H14F3NO4S. The third kappa shape index (κ3) is 4.85. The topological polar surface area (TPSA) is 72.5 Å². The fourth-order valence-corrected chi connectivity index (χ4v) is 3.11. The maximum atomic E-state index is 12.9. The fraction of sp³-hybridized carbons (Fsp3) is 0.118. The summed E-state index contributed by atoms with van der Waals surface area (Å²) in [5.41, 5.74) is -1.23. The van der Waals surface area contributed by atoms with Crippen molar-refractivity contribution in [1.29, 1.82) is 0 Å². The Hall–Kier alpha value is -2.81. The molecule has 2 aromatic rings. The number of hydrogen-bond acceptors (Lipinski definition) is 4. The quantitative estimate of drug-likeness (QED) is 0.629. The number of alkyl halides is 3. The number of carbonyl (C=O) groups is 1. The second-order valence-electron chi connectivity index (χ2n) is 5.07. The van der Waals surface area contributed by atoms with E-state index in [0.29, 0.717) is 0 Å². The Labute approximate surface area is 148 Å². The molecule has 0 fully saturated rings. The van der Waals surface area contributed by atoms with E-state index in [1.807, 2.05) is 0 Å². The van der Waals surface area contributed by atoms with E-state index in [1.165, 1.54) is 24.3 Å². The van der Waals surface area contributed by atoms with Gasteiger partial charge in [-0.2, -0.15) is 13.2 Å². The van der Waals surface area contributed by atoms with Crippen molar-refractivity contribution in [2.75, 3.05) is 11.8 Å². The van der Waals surface area contributed by atoms with Crippen molar-refractivity contribution in [3.63, 3.8) is 0 Å². The van der Waals surface area contributed by atoms with Crippen LogP contribution in [0.1, 0.15) is 11.1 Å². The monoisotopic (exact) mass is 385 g/mol. The van der Waals surface area contributed by atoms with Crippen LogP contribution >= 0.6 is 0 Å². The van der Waals surface area contributed by atoms with Crippen LogP contribution in [0.4, 0.5) is 18.9 Å². The van der Waals surface area contributed by atoms with Crippen molar-refractivity contribution in [1.82, 2.24) is 0 Å². The van der Waals surface area contributed by atoms with Gasteiger partial charge in [0.25, 0.3) is 10.0 Å². The molecule has 0 heterocycles. The minimum atomic E-state index is -4.62. The molecule has 0 amide bonds. The number of anilines is 1. The van der Waals surface area contributed by atoms with E-state index in [-0.39, 0.29) is 16.1 Å². The molecule has 5 nitrogen and oxygen atoms in total. The number of sulfonamides is 1. The molecule has 2 aromatic carbocycles. The summed E-state index contributed by atoms with van der Waals surface area (Å²) in [5, 5.41) is 0. The molecule has 0 aliphatic heterocycles. The molecule has 1 N–H and O–H groups in total. The van der Waals surface area contributed by atoms with E-state index in [9.17, 15) is 26.4 Å². The van der Waals surface area contributed by atoms with Crippen LogP contribution in [-0.2, 0) is 25.7 Å². The van der Waals surface area contributed by atoms with E-state index in [1.54, 1.807) is 6.07 Å². The van der Waals surface area contributed by atoms with E-state index in [0.717, 1.165) is 37.5 Å². The summed E-state index contributed by atoms with van der Waals surface area (Å²) in [7, 11) is -2.90. The highest BCUT2D eigenvalue weighted by Crippen LogP contribution is 2.33. The zero-order chi connectivity index (χ0) is 19.4. The second-order valence-corrected chi connectivity index (χ2v) is 6.76. The normalized spacial score (nSPS) is 12.2. The number of methoxy groups -OCH3 is 1. The Kier molecular flexibility index (Phi) is 5.71. The standard InChI is InChI=1S/C17H14F3NO4S/c1-25-16(22)10-7-12-11-13(17(18,19)20)8-9-15(12)21-26(23,24)14-5-3-2-4-6-14/h2-11,21H,1H3. The Balaban J connectivity index is 2.47. The Morgan fingerprint density at radius 3 is 2.35 bits per heavy atom. The largest absolute Gasteiger partial charge is 0.466 e. The van der Waals surface area contributed by atoms with Crippen LogP contribution < -0.4 is 4.72 Å². The van der Waals surface area contributed by atoms with Gasteiger partial charge in [-0.25, -0.2) is 13.2 Å². The second kappa shape index (κ2) is 7.61. The smallest absolute Gasteiger partial charge is 0.416 e.